The van der Waals surface area contributed by atoms with E-state index in [1.54, 1.807) is 24.1 Å². The van der Waals surface area contributed by atoms with E-state index in [1.165, 1.54) is 12.1 Å². The van der Waals surface area contributed by atoms with Gasteiger partial charge in [-0.05, 0) is 28.8 Å². The maximum Gasteiger partial charge on any atom is 0.227 e. The minimum Gasteiger partial charge on any atom is -0.341 e. The van der Waals surface area contributed by atoms with E-state index in [0.717, 1.165) is 16.7 Å². The molecule has 0 saturated carbocycles. The van der Waals surface area contributed by atoms with Crippen LogP contribution in [0.5, 0.6) is 0 Å². The van der Waals surface area contributed by atoms with Crippen molar-refractivity contribution < 1.29 is 9.18 Å². The van der Waals surface area contributed by atoms with E-state index < -0.39 is 0 Å². The second-order valence-electron chi connectivity index (χ2n) is 5.03. The number of rotatable bonds is 5. The van der Waals surface area contributed by atoms with E-state index in [4.69, 9.17) is 5.73 Å². The van der Waals surface area contributed by atoms with E-state index in [-0.39, 0.29) is 11.7 Å². The zero-order chi connectivity index (χ0) is 15.2. The molecule has 1 amide bonds. The van der Waals surface area contributed by atoms with Crippen molar-refractivity contribution in [3.63, 3.8) is 0 Å². The molecule has 4 heteroatoms. The van der Waals surface area contributed by atoms with Gasteiger partial charge in [-0.25, -0.2) is 4.39 Å². The van der Waals surface area contributed by atoms with Gasteiger partial charge in [-0.3, -0.25) is 4.79 Å². The lowest BCUT2D eigenvalue weighted by Crippen LogP contribution is -2.28. The van der Waals surface area contributed by atoms with Crippen molar-refractivity contribution in [2.75, 3.05) is 7.05 Å². The summed E-state index contributed by atoms with van der Waals surface area (Å²) in [5, 5.41) is 0. The lowest BCUT2D eigenvalue weighted by Gasteiger charge is -2.18. The molecule has 2 rings (SSSR count). The number of benzene rings is 2. The van der Waals surface area contributed by atoms with Crippen LogP contribution in [-0.2, 0) is 24.3 Å². The third-order valence-electron chi connectivity index (χ3n) is 3.44. The van der Waals surface area contributed by atoms with Gasteiger partial charge >= 0.3 is 0 Å². The molecule has 0 unspecified atom stereocenters. The number of nitrogens with zero attached hydrogens (tertiary/aromatic N) is 1. The van der Waals surface area contributed by atoms with Crippen molar-refractivity contribution in [2.24, 2.45) is 5.73 Å². The normalized spacial score (nSPS) is 10.4. The van der Waals surface area contributed by atoms with Gasteiger partial charge in [0.25, 0.3) is 0 Å². The second-order valence-corrected chi connectivity index (χ2v) is 5.03. The molecule has 3 nitrogen and oxygen atoms in total. The Kier molecular flexibility index (Phi) is 5.06. The van der Waals surface area contributed by atoms with Gasteiger partial charge in [-0.15, -0.1) is 0 Å². The molecule has 0 fully saturated rings. The quantitative estimate of drug-likeness (QED) is 0.918. The fourth-order valence-corrected chi connectivity index (χ4v) is 2.18. The lowest BCUT2D eigenvalue weighted by molar-refractivity contribution is -0.129. The van der Waals surface area contributed by atoms with E-state index in [2.05, 4.69) is 0 Å². The van der Waals surface area contributed by atoms with Crippen LogP contribution in [0, 0.1) is 5.82 Å². The van der Waals surface area contributed by atoms with Crippen LogP contribution in [0.4, 0.5) is 4.39 Å². The Labute approximate surface area is 124 Å². The molecular weight excluding hydrogens is 267 g/mol. The number of carbonyl (C=O) groups is 1. The van der Waals surface area contributed by atoms with Gasteiger partial charge < -0.3 is 10.6 Å². The van der Waals surface area contributed by atoms with Crippen molar-refractivity contribution in [3.8, 4) is 0 Å². The summed E-state index contributed by atoms with van der Waals surface area (Å²) in [5.74, 6) is -0.259. The molecule has 0 saturated heterocycles. The van der Waals surface area contributed by atoms with Crippen molar-refractivity contribution in [3.05, 3.63) is 71.0 Å². The Balaban J connectivity index is 2.01. The monoisotopic (exact) mass is 286 g/mol. The number of amides is 1. The second kappa shape index (κ2) is 6.99. The minimum absolute atomic E-state index is 0.0141. The fraction of sp³-hybridized carbons (Fsp3) is 0.235. The Bertz CT molecular complexity index is 610. The predicted octanol–water partition coefficient (Wildman–Crippen LogP) is 2.49. The van der Waals surface area contributed by atoms with Crippen LogP contribution in [0.1, 0.15) is 16.7 Å². The molecule has 2 N–H and O–H groups in total. The highest BCUT2D eigenvalue weighted by Crippen LogP contribution is 2.11. The molecule has 0 aliphatic carbocycles. The molecule has 0 bridgehead atoms. The van der Waals surface area contributed by atoms with Crippen LogP contribution in [0.15, 0.2) is 48.5 Å². The first-order chi connectivity index (χ1) is 10.1. The molecule has 0 heterocycles. The van der Waals surface area contributed by atoms with Gasteiger partial charge in [0, 0.05) is 20.1 Å². The highest BCUT2D eigenvalue weighted by molar-refractivity contribution is 5.78. The van der Waals surface area contributed by atoms with Crippen LogP contribution in [0.2, 0.25) is 0 Å². The maximum absolute atomic E-state index is 12.9. The molecule has 110 valence electrons. The summed E-state index contributed by atoms with van der Waals surface area (Å²) < 4.78 is 12.9. The van der Waals surface area contributed by atoms with Crippen molar-refractivity contribution in [1.82, 2.24) is 4.90 Å². The zero-order valence-electron chi connectivity index (χ0n) is 12.1. The molecule has 2 aromatic rings. The van der Waals surface area contributed by atoms with Crippen LogP contribution in [-0.4, -0.2) is 17.9 Å². The van der Waals surface area contributed by atoms with E-state index in [0.29, 0.717) is 19.5 Å². The zero-order valence-corrected chi connectivity index (χ0v) is 12.1. The predicted molar refractivity (Wildman–Crippen MR) is 80.9 cm³/mol. The SMILES string of the molecule is CN(Cc1ccc(F)cc1)C(=O)Cc1ccccc1CN. The maximum atomic E-state index is 12.9. The number of carbonyl (C=O) groups excluding carboxylic acids is 1. The molecule has 0 spiro atoms. The first-order valence-corrected chi connectivity index (χ1v) is 6.85. The summed E-state index contributed by atoms with van der Waals surface area (Å²) in [5.41, 5.74) is 8.52. The molecular formula is C17H19FN2O. The largest absolute Gasteiger partial charge is 0.341 e. The third kappa shape index (κ3) is 4.13. The summed E-state index contributed by atoms with van der Waals surface area (Å²) >= 11 is 0. The highest BCUT2D eigenvalue weighted by atomic mass is 19.1. The summed E-state index contributed by atoms with van der Waals surface area (Å²) in [6, 6.07) is 13.9. The number of halogens is 1. The minimum atomic E-state index is -0.274. The first kappa shape index (κ1) is 15.2. The third-order valence-corrected chi connectivity index (χ3v) is 3.44. The van der Waals surface area contributed by atoms with Gasteiger partial charge in [-0.2, -0.15) is 0 Å². The van der Waals surface area contributed by atoms with Crippen LogP contribution in [0.25, 0.3) is 0 Å². The molecule has 0 aromatic heterocycles. The Morgan fingerprint density at radius 1 is 1.10 bits per heavy atom. The van der Waals surface area contributed by atoms with E-state index in [9.17, 15) is 9.18 Å². The topological polar surface area (TPSA) is 46.3 Å². The molecule has 21 heavy (non-hydrogen) atoms. The lowest BCUT2D eigenvalue weighted by atomic mass is 10.0. The smallest absolute Gasteiger partial charge is 0.227 e. The van der Waals surface area contributed by atoms with Gasteiger partial charge in [-0.1, -0.05) is 36.4 Å². The summed E-state index contributed by atoms with van der Waals surface area (Å²) in [6.45, 7) is 0.884. The Morgan fingerprint density at radius 2 is 1.71 bits per heavy atom. The number of hydrogen-bond acceptors (Lipinski definition) is 2. The number of likely N-dealkylation sites (N-methyl/N-ethyl adjacent to an activating group) is 1. The molecule has 0 radical (unpaired) electrons. The van der Waals surface area contributed by atoms with Gasteiger partial charge in [0.2, 0.25) is 5.91 Å². The van der Waals surface area contributed by atoms with E-state index >= 15 is 0 Å². The summed E-state index contributed by atoms with van der Waals surface area (Å²) in [7, 11) is 1.75. The van der Waals surface area contributed by atoms with Crippen molar-refractivity contribution in [1.29, 1.82) is 0 Å². The van der Waals surface area contributed by atoms with Gasteiger partial charge in [0.1, 0.15) is 5.82 Å². The van der Waals surface area contributed by atoms with Crippen LogP contribution in [0.3, 0.4) is 0 Å². The molecule has 0 atom stereocenters. The average molecular weight is 286 g/mol. The van der Waals surface area contributed by atoms with E-state index in [1.807, 2.05) is 24.3 Å². The van der Waals surface area contributed by atoms with Crippen molar-refractivity contribution >= 4 is 5.91 Å². The Hall–Kier alpha value is -2.20. The van der Waals surface area contributed by atoms with Crippen LogP contribution >= 0.6 is 0 Å². The summed E-state index contributed by atoms with van der Waals surface area (Å²) in [6.07, 6.45) is 0.324. The average Bonchev–Trinajstić information content (AvgIpc) is 2.50. The number of hydrogen-bond donors (Lipinski definition) is 1. The highest BCUT2D eigenvalue weighted by Gasteiger charge is 2.12. The van der Waals surface area contributed by atoms with Crippen molar-refractivity contribution in [2.45, 2.75) is 19.5 Å². The van der Waals surface area contributed by atoms with Crippen LogP contribution < -0.4 is 5.73 Å². The molecule has 2 aromatic carbocycles. The standard InChI is InChI=1S/C17H19FN2O/c1-20(12-13-6-8-16(18)9-7-13)17(21)10-14-4-2-3-5-15(14)11-19/h2-9H,10-12,19H2,1H3. The summed E-state index contributed by atoms with van der Waals surface area (Å²) in [4.78, 5) is 13.9. The fourth-order valence-electron chi connectivity index (χ4n) is 2.18. The first-order valence-electron chi connectivity index (χ1n) is 6.85. The van der Waals surface area contributed by atoms with Gasteiger partial charge in [0.05, 0.1) is 6.42 Å². The number of nitrogens with two attached hydrogens (primary N) is 1. The molecule has 0 aliphatic rings. The Morgan fingerprint density at radius 3 is 2.33 bits per heavy atom. The molecule has 0 aliphatic heterocycles. The van der Waals surface area contributed by atoms with Gasteiger partial charge in [0.15, 0.2) is 0 Å².